The molecule has 0 aliphatic heterocycles. The molecule has 6 nitrogen and oxygen atoms in total. The molecule has 73 heavy (non-hydrogen) atoms. The Labute approximate surface area is 454 Å². The standard InChI is InChI=1S/C67H122O6/c1-4-7-10-13-16-19-22-25-28-31-33-34-35-37-39-42-45-48-51-54-57-60-66(69)72-63-64(62-71-65(68)59-56-53-50-47-44-41-38-30-27-24-21-18-15-12-9-6-3)73-67(70)61-58-55-52-49-46-43-40-36-32-29-26-23-20-17-14-11-8-5-2/h21,24,29-33,38,64H,4-20,22-23,25-28,34-37,39-63H2,1-3H3/b24-21-,32-29-,33-31-,38-30-. The van der Waals surface area contributed by atoms with E-state index >= 15 is 0 Å². The highest BCUT2D eigenvalue weighted by Crippen LogP contribution is 2.16. The van der Waals surface area contributed by atoms with Crippen molar-refractivity contribution in [2.45, 2.75) is 348 Å². The topological polar surface area (TPSA) is 78.9 Å². The number of carbonyl (C=O) groups is 3. The van der Waals surface area contributed by atoms with Gasteiger partial charge in [0.05, 0.1) is 0 Å². The summed E-state index contributed by atoms with van der Waals surface area (Å²) >= 11 is 0. The van der Waals surface area contributed by atoms with Gasteiger partial charge in [0.25, 0.3) is 0 Å². The SMILES string of the molecule is CCCCCC/C=C\C/C=C\CCCCCCCC(=O)OCC(COC(=O)CCCCCCCCCCC/C=C\CCCCCCCCCC)OC(=O)CCCCCCCCC/C=C\CCCCCCCCC. The van der Waals surface area contributed by atoms with Gasteiger partial charge in [0, 0.05) is 19.3 Å². The number of unbranched alkanes of at least 4 members (excludes halogenated alkanes) is 40. The minimum absolute atomic E-state index is 0.0784. The first kappa shape index (κ1) is 70.4. The van der Waals surface area contributed by atoms with Crippen LogP contribution < -0.4 is 0 Å². The fourth-order valence-corrected chi connectivity index (χ4v) is 9.41. The first-order valence-corrected chi connectivity index (χ1v) is 32.1. The van der Waals surface area contributed by atoms with E-state index < -0.39 is 6.10 Å². The number of hydrogen-bond donors (Lipinski definition) is 0. The van der Waals surface area contributed by atoms with Crippen LogP contribution in [-0.2, 0) is 28.6 Å². The second-order valence-corrected chi connectivity index (χ2v) is 21.7. The number of esters is 3. The van der Waals surface area contributed by atoms with Gasteiger partial charge in [-0.25, -0.2) is 0 Å². The van der Waals surface area contributed by atoms with Crippen molar-refractivity contribution in [2.75, 3.05) is 13.2 Å². The third-order valence-electron chi connectivity index (χ3n) is 14.3. The fraction of sp³-hybridized carbons (Fsp3) is 0.836. The molecule has 0 aromatic heterocycles. The summed E-state index contributed by atoms with van der Waals surface area (Å²) in [5.74, 6) is -0.880. The van der Waals surface area contributed by atoms with E-state index in [1.807, 2.05) is 0 Å². The summed E-state index contributed by atoms with van der Waals surface area (Å²) in [5.41, 5.74) is 0. The minimum atomic E-state index is -0.782. The molecule has 0 bridgehead atoms. The summed E-state index contributed by atoms with van der Waals surface area (Å²) in [4.78, 5) is 38.3. The number of rotatable bonds is 59. The molecule has 1 unspecified atom stereocenters. The van der Waals surface area contributed by atoms with Gasteiger partial charge in [-0.3, -0.25) is 14.4 Å². The van der Waals surface area contributed by atoms with Crippen molar-refractivity contribution in [3.8, 4) is 0 Å². The van der Waals surface area contributed by atoms with Crippen LogP contribution >= 0.6 is 0 Å². The van der Waals surface area contributed by atoms with Gasteiger partial charge in [0.1, 0.15) is 13.2 Å². The van der Waals surface area contributed by atoms with E-state index in [1.165, 1.54) is 225 Å². The number of carbonyl (C=O) groups excluding carboxylic acids is 3. The second kappa shape index (κ2) is 61.9. The molecule has 0 spiro atoms. The molecular weight excluding hydrogens is 901 g/mol. The third-order valence-corrected chi connectivity index (χ3v) is 14.3. The van der Waals surface area contributed by atoms with Gasteiger partial charge in [-0.2, -0.15) is 0 Å². The zero-order valence-electron chi connectivity index (χ0n) is 48.9. The van der Waals surface area contributed by atoms with Gasteiger partial charge in [0.15, 0.2) is 6.10 Å². The Kier molecular flexibility index (Phi) is 59.7. The van der Waals surface area contributed by atoms with Gasteiger partial charge in [-0.15, -0.1) is 0 Å². The Morgan fingerprint density at radius 3 is 0.781 bits per heavy atom. The summed E-state index contributed by atoms with van der Waals surface area (Å²) in [7, 11) is 0. The fourth-order valence-electron chi connectivity index (χ4n) is 9.41. The van der Waals surface area contributed by atoms with Crippen LogP contribution in [0.3, 0.4) is 0 Å². The zero-order valence-corrected chi connectivity index (χ0v) is 48.9. The van der Waals surface area contributed by atoms with E-state index in [2.05, 4.69) is 69.4 Å². The summed E-state index contributed by atoms with van der Waals surface area (Å²) in [6.07, 6.45) is 76.8. The molecule has 0 amide bonds. The third kappa shape index (κ3) is 60.1. The quantitative estimate of drug-likeness (QED) is 0.0261. The molecule has 0 radical (unpaired) electrons. The van der Waals surface area contributed by atoms with Crippen molar-refractivity contribution in [1.29, 1.82) is 0 Å². The Morgan fingerprint density at radius 2 is 0.493 bits per heavy atom. The van der Waals surface area contributed by atoms with E-state index in [0.29, 0.717) is 19.3 Å². The Balaban J connectivity index is 4.36. The van der Waals surface area contributed by atoms with Crippen LogP contribution in [-0.4, -0.2) is 37.2 Å². The number of allylic oxidation sites excluding steroid dienone is 8. The molecule has 0 saturated carbocycles. The van der Waals surface area contributed by atoms with Crippen LogP contribution in [0, 0.1) is 0 Å². The maximum Gasteiger partial charge on any atom is 0.306 e. The highest BCUT2D eigenvalue weighted by atomic mass is 16.6. The average molecular weight is 1020 g/mol. The molecule has 0 aliphatic carbocycles. The number of hydrogen-bond acceptors (Lipinski definition) is 6. The Bertz CT molecular complexity index is 1270. The molecule has 1 atom stereocenters. The molecule has 6 heteroatoms. The van der Waals surface area contributed by atoms with Crippen molar-refractivity contribution < 1.29 is 28.6 Å². The molecule has 0 saturated heterocycles. The monoisotopic (exact) mass is 1020 g/mol. The van der Waals surface area contributed by atoms with Crippen molar-refractivity contribution in [3.63, 3.8) is 0 Å². The largest absolute Gasteiger partial charge is 0.462 e. The highest BCUT2D eigenvalue weighted by molar-refractivity contribution is 5.71. The second-order valence-electron chi connectivity index (χ2n) is 21.7. The first-order valence-electron chi connectivity index (χ1n) is 32.1. The Hall–Kier alpha value is -2.63. The van der Waals surface area contributed by atoms with Gasteiger partial charge in [-0.05, 0) is 103 Å². The molecular formula is C67H122O6. The van der Waals surface area contributed by atoms with Crippen LogP contribution in [0.25, 0.3) is 0 Å². The predicted octanol–water partition coefficient (Wildman–Crippen LogP) is 21.8. The van der Waals surface area contributed by atoms with Gasteiger partial charge < -0.3 is 14.2 Å². The lowest BCUT2D eigenvalue weighted by Crippen LogP contribution is -2.30. The number of ether oxygens (including phenoxy) is 3. The minimum Gasteiger partial charge on any atom is -0.462 e. The predicted molar refractivity (Wildman–Crippen MR) is 316 cm³/mol. The molecule has 0 heterocycles. The van der Waals surface area contributed by atoms with Gasteiger partial charge in [-0.1, -0.05) is 268 Å². The summed E-state index contributed by atoms with van der Waals surface area (Å²) in [5, 5.41) is 0. The van der Waals surface area contributed by atoms with E-state index in [9.17, 15) is 14.4 Å². The van der Waals surface area contributed by atoms with E-state index in [1.54, 1.807) is 0 Å². The molecule has 0 aromatic rings. The summed E-state index contributed by atoms with van der Waals surface area (Å²) < 4.78 is 16.9. The van der Waals surface area contributed by atoms with E-state index in [4.69, 9.17) is 14.2 Å². The zero-order chi connectivity index (χ0) is 52.9. The van der Waals surface area contributed by atoms with Crippen molar-refractivity contribution in [3.05, 3.63) is 48.6 Å². The maximum atomic E-state index is 12.9. The lowest BCUT2D eigenvalue weighted by atomic mass is 10.1. The lowest BCUT2D eigenvalue weighted by molar-refractivity contribution is -0.167. The van der Waals surface area contributed by atoms with E-state index in [0.717, 1.165) is 77.0 Å². The van der Waals surface area contributed by atoms with Crippen LogP contribution in [0.1, 0.15) is 342 Å². The van der Waals surface area contributed by atoms with Crippen molar-refractivity contribution >= 4 is 17.9 Å². The normalized spacial score (nSPS) is 12.3. The maximum absolute atomic E-state index is 12.9. The van der Waals surface area contributed by atoms with Crippen LogP contribution in [0.5, 0.6) is 0 Å². The van der Waals surface area contributed by atoms with Crippen molar-refractivity contribution in [1.82, 2.24) is 0 Å². The Morgan fingerprint density at radius 1 is 0.274 bits per heavy atom. The summed E-state index contributed by atoms with van der Waals surface area (Å²) in [6, 6.07) is 0. The van der Waals surface area contributed by atoms with Crippen LogP contribution in [0.2, 0.25) is 0 Å². The van der Waals surface area contributed by atoms with Crippen LogP contribution in [0.4, 0.5) is 0 Å². The molecule has 0 fully saturated rings. The molecule has 0 aliphatic rings. The van der Waals surface area contributed by atoms with Crippen LogP contribution in [0.15, 0.2) is 48.6 Å². The smallest absolute Gasteiger partial charge is 0.306 e. The van der Waals surface area contributed by atoms with E-state index in [-0.39, 0.29) is 31.1 Å². The molecule has 0 N–H and O–H groups in total. The molecule has 0 rings (SSSR count). The van der Waals surface area contributed by atoms with Gasteiger partial charge >= 0.3 is 17.9 Å². The highest BCUT2D eigenvalue weighted by Gasteiger charge is 2.19. The van der Waals surface area contributed by atoms with Crippen molar-refractivity contribution in [2.24, 2.45) is 0 Å². The summed E-state index contributed by atoms with van der Waals surface area (Å²) in [6.45, 7) is 6.65. The van der Waals surface area contributed by atoms with Gasteiger partial charge in [0.2, 0.25) is 0 Å². The molecule has 0 aromatic carbocycles. The first-order chi connectivity index (χ1) is 36.0. The lowest BCUT2D eigenvalue weighted by Gasteiger charge is -2.18. The molecule has 426 valence electrons. The average Bonchev–Trinajstić information content (AvgIpc) is 3.39.